The Kier molecular flexibility index (Phi) is 4.25. The number of hydrogen-bond acceptors (Lipinski definition) is 3. The summed E-state index contributed by atoms with van der Waals surface area (Å²) in [5, 5.41) is 0.762. The van der Waals surface area contributed by atoms with E-state index in [-0.39, 0.29) is 11.5 Å². The quantitative estimate of drug-likeness (QED) is 0.750. The van der Waals surface area contributed by atoms with Gasteiger partial charge in [-0.1, -0.05) is 37.3 Å². The number of carbonyl (C=O) groups excluding carboxylic acids is 1. The molecule has 2 heterocycles. The van der Waals surface area contributed by atoms with Crippen LogP contribution in [0.2, 0.25) is 0 Å². The van der Waals surface area contributed by atoms with Gasteiger partial charge in [-0.05, 0) is 24.1 Å². The molecule has 1 N–H and O–H groups in total. The van der Waals surface area contributed by atoms with Crippen molar-refractivity contribution in [1.82, 2.24) is 9.55 Å². The largest absolute Gasteiger partial charge is 0.461 e. The van der Waals surface area contributed by atoms with Crippen molar-refractivity contribution in [3.63, 3.8) is 0 Å². The molecule has 1 unspecified atom stereocenters. The molecule has 0 spiro atoms. The number of esters is 1. The molecule has 0 amide bonds. The van der Waals surface area contributed by atoms with Crippen LogP contribution < -0.4 is 5.56 Å². The smallest absolute Gasteiger partial charge is 0.354 e. The van der Waals surface area contributed by atoms with Gasteiger partial charge in [-0.25, -0.2) is 4.79 Å². The lowest BCUT2D eigenvalue weighted by molar-refractivity contribution is 0.0520. The van der Waals surface area contributed by atoms with Crippen LogP contribution in [0.4, 0.5) is 0 Å². The van der Waals surface area contributed by atoms with E-state index in [0.29, 0.717) is 17.8 Å². The van der Waals surface area contributed by atoms with Crippen LogP contribution in [0.1, 0.15) is 41.4 Å². The summed E-state index contributed by atoms with van der Waals surface area (Å²) in [7, 11) is 1.72. The van der Waals surface area contributed by atoms with E-state index in [2.05, 4.69) is 24.0 Å². The van der Waals surface area contributed by atoms with Gasteiger partial charge >= 0.3 is 5.97 Å². The average molecular weight is 324 g/mol. The molecule has 124 valence electrons. The Balaban J connectivity index is 2.19. The van der Waals surface area contributed by atoms with Crippen molar-refractivity contribution in [1.29, 1.82) is 0 Å². The fourth-order valence-corrected chi connectivity index (χ4v) is 2.95. The third-order valence-electron chi connectivity index (χ3n) is 4.26. The Morgan fingerprint density at radius 3 is 2.67 bits per heavy atom. The van der Waals surface area contributed by atoms with Crippen molar-refractivity contribution in [3.05, 3.63) is 69.8 Å². The first-order chi connectivity index (χ1) is 11.5. The summed E-state index contributed by atoms with van der Waals surface area (Å²) in [5.74, 6) is -0.361. The molecule has 24 heavy (non-hydrogen) atoms. The van der Waals surface area contributed by atoms with Gasteiger partial charge in [0.25, 0.3) is 5.56 Å². The molecule has 2 aromatic heterocycles. The fourth-order valence-electron chi connectivity index (χ4n) is 2.95. The van der Waals surface area contributed by atoms with Crippen LogP contribution in [0.15, 0.2) is 47.4 Å². The number of hydrogen-bond donors (Lipinski definition) is 1. The predicted octanol–water partition coefficient (Wildman–Crippen LogP) is 3.20. The summed E-state index contributed by atoms with van der Waals surface area (Å²) in [6.07, 6.45) is 1.84. The number of aromatic nitrogens is 2. The van der Waals surface area contributed by atoms with Crippen molar-refractivity contribution < 1.29 is 9.53 Å². The number of aromatic amines is 1. The van der Waals surface area contributed by atoms with E-state index in [0.717, 1.165) is 16.5 Å². The third kappa shape index (κ3) is 2.73. The normalized spacial score (nSPS) is 12.3. The third-order valence-corrected chi connectivity index (χ3v) is 4.26. The Hall–Kier alpha value is -2.82. The lowest BCUT2D eigenvalue weighted by atomic mass is 9.92. The number of pyridine rings is 1. The first-order valence-electron chi connectivity index (χ1n) is 7.97. The summed E-state index contributed by atoms with van der Waals surface area (Å²) in [6, 6.07) is 11.8. The van der Waals surface area contributed by atoms with Crippen molar-refractivity contribution >= 4 is 16.9 Å². The minimum atomic E-state index is -0.450. The minimum Gasteiger partial charge on any atom is -0.461 e. The number of H-pyrrole nitrogens is 1. The molecule has 5 nitrogen and oxygen atoms in total. The number of ether oxygens (including phenoxy) is 1. The summed E-state index contributed by atoms with van der Waals surface area (Å²) < 4.78 is 6.58. The Morgan fingerprint density at radius 1 is 1.29 bits per heavy atom. The van der Waals surface area contributed by atoms with E-state index < -0.39 is 5.97 Å². The monoisotopic (exact) mass is 324 g/mol. The molecule has 5 heteroatoms. The number of nitrogens with one attached hydrogen (secondary N) is 1. The van der Waals surface area contributed by atoms with Gasteiger partial charge in [-0.3, -0.25) is 4.79 Å². The maximum Gasteiger partial charge on any atom is 0.354 e. The highest BCUT2D eigenvalue weighted by molar-refractivity contribution is 5.95. The summed E-state index contributed by atoms with van der Waals surface area (Å²) >= 11 is 0. The van der Waals surface area contributed by atoms with Crippen LogP contribution in [0.3, 0.4) is 0 Å². The lowest BCUT2D eigenvalue weighted by Crippen LogP contribution is -2.18. The van der Waals surface area contributed by atoms with Gasteiger partial charge in [0, 0.05) is 24.5 Å². The number of aryl methyl sites for hydroxylation is 1. The maximum absolute atomic E-state index is 12.4. The van der Waals surface area contributed by atoms with E-state index in [1.807, 2.05) is 24.4 Å². The first kappa shape index (κ1) is 16.1. The number of fused-ring (bicyclic) bond motifs is 1. The molecule has 0 bridgehead atoms. The zero-order chi connectivity index (χ0) is 17.3. The molecule has 1 aromatic carbocycles. The van der Waals surface area contributed by atoms with Crippen LogP contribution in [-0.4, -0.2) is 22.1 Å². The van der Waals surface area contributed by atoms with E-state index in [9.17, 15) is 9.59 Å². The van der Waals surface area contributed by atoms with Gasteiger partial charge in [0.15, 0.2) is 0 Å². The van der Waals surface area contributed by atoms with Gasteiger partial charge in [0.1, 0.15) is 11.2 Å². The van der Waals surface area contributed by atoms with Crippen LogP contribution in [-0.2, 0) is 11.8 Å². The predicted molar refractivity (Wildman–Crippen MR) is 93.5 cm³/mol. The minimum absolute atomic E-state index is 0.0892. The number of nitrogens with zero attached hydrogens (tertiary/aromatic N) is 1. The van der Waals surface area contributed by atoms with Crippen molar-refractivity contribution in [2.75, 3.05) is 6.61 Å². The average Bonchev–Trinajstić information content (AvgIpc) is 3.04. The van der Waals surface area contributed by atoms with Crippen molar-refractivity contribution in [3.8, 4) is 0 Å². The van der Waals surface area contributed by atoms with Gasteiger partial charge in [-0.2, -0.15) is 0 Å². The molecule has 3 rings (SSSR count). The fraction of sp³-hybridized carbons (Fsp3) is 0.263. The van der Waals surface area contributed by atoms with E-state index in [1.54, 1.807) is 24.6 Å². The summed E-state index contributed by atoms with van der Waals surface area (Å²) in [5.41, 5.74) is 2.71. The zero-order valence-corrected chi connectivity index (χ0v) is 14.0. The van der Waals surface area contributed by atoms with Crippen molar-refractivity contribution in [2.45, 2.75) is 19.8 Å². The second kappa shape index (κ2) is 6.35. The van der Waals surface area contributed by atoms with Crippen molar-refractivity contribution in [2.24, 2.45) is 7.05 Å². The first-order valence-corrected chi connectivity index (χ1v) is 7.97. The summed E-state index contributed by atoms with van der Waals surface area (Å²) in [4.78, 5) is 27.3. The Morgan fingerprint density at radius 2 is 2.00 bits per heavy atom. The number of benzene rings is 1. The lowest BCUT2D eigenvalue weighted by Gasteiger charge is -2.15. The van der Waals surface area contributed by atoms with Gasteiger partial charge in [-0.15, -0.1) is 0 Å². The molecule has 3 aromatic rings. The molecule has 0 fully saturated rings. The summed E-state index contributed by atoms with van der Waals surface area (Å²) in [6.45, 7) is 4.13. The van der Waals surface area contributed by atoms with E-state index >= 15 is 0 Å². The highest BCUT2D eigenvalue weighted by Gasteiger charge is 2.19. The van der Waals surface area contributed by atoms with Gasteiger partial charge < -0.3 is 14.3 Å². The molecule has 0 aliphatic carbocycles. The van der Waals surface area contributed by atoms with Crippen LogP contribution >= 0.6 is 0 Å². The molecular formula is C19H20N2O3. The second-order valence-electron chi connectivity index (χ2n) is 5.83. The highest BCUT2D eigenvalue weighted by Crippen LogP contribution is 2.29. The molecule has 0 saturated heterocycles. The number of rotatable bonds is 4. The Labute approximate surface area is 139 Å². The van der Waals surface area contributed by atoms with E-state index in [1.165, 1.54) is 0 Å². The molecule has 0 aliphatic rings. The maximum atomic E-state index is 12.4. The number of carbonyl (C=O) groups is 1. The molecule has 0 saturated carbocycles. The standard InChI is InChI=1S/C19H20N2O3/c1-4-24-19(23)16-10-14-15(11-21(3)18(22)17(14)20-16)12(2)13-8-6-5-7-9-13/h5-12,20H,4H2,1-3H3. The topological polar surface area (TPSA) is 64.1 Å². The van der Waals surface area contributed by atoms with Gasteiger partial charge in [0.05, 0.1) is 6.61 Å². The van der Waals surface area contributed by atoms with Gasteiger partial charge in [0.2, 0.25) is 0 Å². The molecule has 1 atom stereocenters. The highest BCUT2D eigenvalue weighted by atomic mass is 16.5. The van der Waals surface area contributed by atoms with E-state index in [4.69, 9.17) is 4.74 Å². The SMILES string of the molecule is CCOC(=O)c1cc2c(C(C)c3ccccc3)cn(C)c(=O)c2[nH]1. The molecular weight excluding hydrogens is 304 g/mol. The molecule has 0 aliphatic heterocycles. The zero-order valence-electron chi connectivity index (χ0n) is 14.0. The van der Waals surface area contributed by atoms with Crippen LogP contribution in [0, 0.1) is 0 Å². The van der Waals surface area contributed by atoms with Crippen LogP contribution in [0.25, 0.3) is 10.9 Å². The Bertz CT molecular complexity index is 938. The second-order valence-corrected chi connectivity index (χ2v) is 5.83. The molecule has 0 radical (unpaired) electrons. The van der Waals surface area contributed by atoms with Crippen LogP contribution in [0.5, 0.6) is 0 Å².